The van der Waals surface area contributed by atoms with Gasteiger partial charge in [0.25, 0.3) is 0 Å². The Morgan fingerprint density at radius 2 is 2.00 bits per heavy atom. The van der Waals surface area contributed by atoms with Crippen molar-refractivity contribution in [1.29, 1.82) is 0 Å². The highest BCUT2D eigenvalue weighted by atomic mass is 16.8. The normalized spacial score (nSPS) is 43.1. The van der Waals surface area contributed by atoms with Crippen LogP contribution in [-0.2, 0) is 18.9 Å². The summed E-state index contributed by atoms with van der Waals surface area (Å²) in [7, 11) is 0. The van der Waals surface area contributed by atoms with Gasteiger partial charge in [-0.3, -0.25) is 0 Å². The van der Waals surface area contributed by atoms with E-state index < -0.39 is 29.9 Å². The second-order valence-electron chi connectivity index (χ2n) is 5.21. The molecule has 2 heterocycles. The third-order valence-electron chi connectivity index (χ3n) is 3.00. The van der Waals surface area contributed by atoms with Crippen LogP contribution in [0.1, 0.15) is 20.8 Å². The molecule has 0 aromatic carbocycles. The van der Waals surface area contributed by atoms with Crippen molar-refractivity contribution < 1.29 is 29.2 Å². The summed E-state index contributed by atoms with van der Waals surface area (Å²) < 4.78 is 22.2. The molecule has 2 aliphatic rings. The third kappa shape index (κ3) is 2.39. The quantitative estimate of drug-likeness (QED) is 0.688. The van der Waals surface area contributed by atoms with Crippen molar-refractivity contribution in [2.45, 2.75) is 50.7 Å². The first-order valence-corrected chi connectivity index (χ1v) is 5.92. The summed E-state index contributed by atoms with van der Waals surface area (Å²) in [6.45, 7) is 8.88. The molecule has 6 heteroatoms. The van der Waals surface area contributed by atoms with Gasteiger partial charge in [-0.25, -0.2) is 0 Å². The van der Waals surface area contributed by atoms with Crippen LogP contribution in [-0.4, -0.2) is 53.3 Å². The highest BCUT2D eigenvalue weighted by Gasteiger charge is 2.59. The molecule has 1 spiro atoms. The van der Waals surface area contributed by atoms with Crippen molar-refractivity contribution in [3.05, 3.63) is 12.3 Å². The molecule has 2 rings (SSSR count). The lowest BCUT2D eigenvalue weighted by molar-refractivity contribution is -0.339. The van der Waals surface area contributed by atoms with Gasteiger partial charge in [-0.2, -0.15) is 0 Å². The SMILES string of the molecule is C=C(C)O[C@@H]1[C@H](O)[C@H](O)CO[C@]12COC(C)(C)O2. The van der Waals surface area contributed by atoms with E-state index in [2.05, 4.69) is 6.58 Å². The van der Waals surface area contributed by atoms with Crippen LogP contribution >= 0.6 is 0 Å². The van der Waals surface area contributed by atoms with Crippen molar-refractivity contribution in [3.63, 3.8) is 0 Å². The van der Waals surface area contributed by atoms with Crippen LogP contribution in [0.5, 0.6) is 0 Å². The summed E-state index contributed by atoms with van der Waals surface area (Å²) in [6.07, 6.45) is -3.01. The minimum Gasteiger partial charge on any atom is -0.487 e. The van der Waals surface area contributed by atoms with E-state index in [1.807, 2.05) is 0 Å². The molecular weight excluding hydrogens is 240 g/mol. The maximum absolute atomic E-state index is 10.1. The Hall–Kier alpha value is -0.660. The standard InChI is InChI=1S/C12H20O6/c1-7(2)17-10-9(14)8(13)5-15-12(10)6-16-11(3,4)18-12/h8-10,13-14H,1,5-6H2,2-4H3/t8-,9-,10-,12+/m1/s1. The third-order valence-corrected chi connectivity index (χ3v) is 3.00. The Kier molecular flexibility index (Phi) is 3.42. The number of rotatable bonds is 2. The van der Waals surface area contributed by atoms with Crippen LogP contribution in [0.25, 0.3) is 0 Å². The first-order chi connectivity index (χ1) is 8.26. The fraction of sp³-hybridized carbons (Fsp3) is 0.833. The summed E-state index contributed by atoms with van der Waals surface area (Å²) in [5, 5.41) is 19.7. The summed E-state index contributed by atoms with van der Waals surface area (Å²) in [4.78, 5) is 0. The van der Waals surface area contributed by atoms with Crippen molar-refractivity contribution in [3.8, 4) is 0 Å². The Morgan fingerprint density at radius 3 is 2.50 bits per heavy atom. The van der Waals surface area contributed by atoms with Crippen LogP contribution in [0.2, 0.25) is 0 Å². The zero-order valence-electron chi connectivity index (χ0n) is 10.9. The topological polar surface area (TPSA) is 77.4 Å². The molecule has 4 atom stereocenters. The van der Waals surface area contributed by atoms with Crippen molar-refractivity contribution >= 4 is 0 Å². The van der Waals surface area contributed by atoms with Gasteiger partial charge in [-0.1, -0.05) is 6.58 Å². The van der Waals surface area contributed by atoms with E-state index >= 15 is 0 Å². The van der Waals surface area contributed by atoms with Crippen molar-refractivity contribution in [1.82, 2.24) is 0 Å². The minimum atomic E-state index is -1.21. The van der Waals surface area contributed by atoms with Crippen molar-refractivity contribution in [2.24, 2.45) is 0 Å². The molecule has 2 N–H and O–H groups in total. The molecule has 2 aliphatic heterocycles. The smallest absolute Gasteiger partial charge is 0.235 e. The van der Waals surface area contributed by atoms with Crippen LogP contribution in [0, 0.1) is 0 Å². The molecule has 0 unspecified atom stereocenters. The number of hydrogen-bond donors (Lipinski definition) is 2. The Labute approximate surface area is 106 Å². The molecule has 6 nitrogen and oxygen atoms in total. The van der Waals surface area contributed by atoms with Gasteiger partial charge in [-0.05, 0) is 20.8 Å². The first kappa shape index (κ1) is 13.8. The van der Waals surface area contributed by atoms with E-state index in [1.54, 1.807) is 20.8 Å². The van der Waals surface area contributed by atoms with Crippen LogP contribution in [0.15, 0.2) is 12.3 Å². The largest absolute Gasteiger partial charge is 0.487 e. The Morgan fingerprint density at radius 1 is 1.33 bits per heavy atom. The predicted octanol–water partition coefficient (Wildman–Crippen LogP) is 0.136. The molecule has 0 aliphatic carbocycles. The lowest BCUT2D eigenvalue weighted by Gasteiger charge is -2.44. The summed E-state index contributed by atoms with van der Waals surface area (Å²) in [6, 6.07) is 0. The number of aliphatic hydroxyl groups is 2. The van der Waals surface area contributed by atoms with Crippen LogP contribution in [0.4, 0.5) is 0 Å². The molecule has 2 saturated heterocycles. The number of allylic oxidation sites excluding steroid dienone is 1. The molecule has 0 radical (unpaired) electrons. The Bertz CT molecular complexity index is 341. The van der Waals surface area contributed by atoms with Gasteiger partial charge in [0, 0.05) is 0 Å². The molecule has 0 bridgehead atoms. The van der Waals surface area contributed by atoms with Gasteiger partial charge in [0.2, 0.25) is 5.79 Å². The second kappa shape index (κ2) is 4.47. The van der Waals surface area contributed by atoms with E-state index in [4.69, 9.17) is 18.9 Å². The van der Waals surface area contributed by atoms with Gasteiger partial charge in [0.15, 0.2) is 11.9 Å². The average Bonchev–Trinajstić information content (AvgIpc) is 2.57. The predicted molar refractivity (Wildman–Crippen MR) is 61.5 cm³/mol. The fourth-order valence-corrected chi connectivity index (χ4v) is 2.21. The highest BCUT2D eigenvalue weighted by Crippen LogP contribution is 2.40. The number of hydrogen-bond acceptors (Lipinski definition) is 6. The summed E-state index contributed by atoms with van der Waals surface area (Å²) in [5.41, 5.74) is 0. The molecule has 0 saturated carbocycles. The van der Waals surface area contributed by atoms with E-state index in [-0.39, 0.29) is 13.2 Å². The second-order valence-corrected chi connectivity index (χ2v) is 5.21. The maximum Gasteiger partial charge on any atom is 0.235 e. The highest BCUT2D eigenvalue weighted by molar-refractivity contribution is 4.99. The average molecular weight is 260 g/mol. The van der Waals surface area contributed by atoms with Gasteiger partial charge < -0.3 is 29.2 Å². The minimum absolute atomic E-state index is 0.0311. The fourth-order valence-electron chi connectivity index (χ4n) is 2.21. The first-order valence-electron chi connectivity index (χ1n) is 5.92. The number of aliphatic hydroxyl groups excluding tert-OH is 2. The molecule has 0 amide bonds. The van der Waals surface area contributed by atoms with Gasteiger partial charge in [0.1, 0.15) is 18.8 Å². The van der Waals surface area contributed by atoms with E-state index in [1.165, 1.54) is 0 Å². The lowest BCUT2D eigenvalue weighted by atomic mass is 9.97. The molecule has 104 valence electrons. The lowest BCUT2D eigenvalue weighted by Crippen LogP contribution is -2.63. The van der Waals surface area contributed by atoms with Crippen LogP contribution in [0.3, 0.4) is 0 Å². The van der Waals surface area contributed by atoms with Gasteiger partial charge in [-0.15, -0.1) is 0 Å². The summed E-state index contributed by atoms with van der Waals surface area (Å²) >= 11 is 0. The van der Waals surface area contributed by atoms with E-state index in [0.717, 1.165) is 0 Å². The molecule has 18 heavy (non-hydrogen) atoms. The van der Waals surface area contributed by atoms with E-state index in [0.29, 0.717) is 5.76 Å². The zero-order valence-corrected chi connectivity index (χ0v) is 10.9. The molecule has 2 fully saturated rings. The summed E-state index contributed by atoms with van der Waals surface area (Å²) in [5.74, 6) is -1.62. The van der Waals surface area contributed by atoms with Crippen LogP contribution < -0.4 is 0 Å². The zero-order chi connectivity index (χ0) is 13.6. The molecular formula is C12H20O6. The van der Waals surface area contributed by atoms with E-state index in [9.17, 15) is 10.2 Å². The molecule has 0 aromatic heterocycles. The maximum atomic E-state index is 10.1. The van der Waals surface area contributed by atoms with Gasteiger partial charge >= 0.3 is 0 Å². The van der Waals surface area contributed by atoms with Crippen molar-refractivity contribution in [2.75, 3.05) is 13.2 Å². The molecule has 0 aromatic rings. The number of ether oxygens (including phenoxy) is 4. The van der Waals surface area contributed by atoms with Gasteiger partial charge in [0.05, 0.1) is 12.4 Å². The monoisotopic (exact) mass is 260 g/mol. The Balaban J connectivity index is 2.24.